The van der Waals surface area contributed by atoms with Crippen LogP contribution in [0.15, 0.2) is 39.4 Å². The number of thiophene rings is 1. The van der Waals surface area contributed by atoms with Gasteiger partial charge in [-0.3, -0.25) is 14.6 Å². The molecule has 3 aromatic heterocycles. The zero-order valence-electron chi connectivity index (χ0n) is 13.4. The predicted molar refractivity (Wildman–Crippen MR) is 98.0 cm³/mol. The highest BCUT2D eigenvalue weighted by atomic mass is 32.1. The molecule has 0 atom stereocenters. The average Bonchev–Trinajstić information content (AvgIpc) is 3.21. The highest BCUT2D eigenvalue weighted by Crippen LogP contribution is 2.30. The first-order chi connectivity index (χ1) is 12.0. The van der Waals surface area contributed by atoms with Crippen LogP contribution in [0.2, 0.25) is 0 Å². The maximum atomic E-state index is 12.0. The van der Waals surface area contributed by atoms with Gasteiger partial charge in [-0.1, -0.05) is 6.07 Å². The van der Waals surface area contributed by atoms with Crippen molar-refractivity contribution in [3.8, 4) is 9.88 Å². The smallest absolute Gasteiger partial charge is 0.328 e. The van der Waals surface area contributed by atoms with Gasteiger partial charge in [0.1, 0.15) is 5.01 Å². The Morgan fingerprint density at radius 1 is 1.36 bits per heavy atom. The molecule has 0 aliphatic rings. The number of hydrogen-bond donors (Lipinski definition) is 2. The minimum atomic E-state index is -0.515. The van der Waals surface area contributed by atoms with Gasteiger partial charge in [-0.15, -0.1) is 22.7 Å². The van der Waals surface area contributed by atoms with Crippen LogP contribution >= 0.6 is 22.7 Å². The number of aromatic nitrogens is 3. The Morgan fingerprint density at radius 2 is 2.20 bits per heavy atom. The molecule has 0 bridgehead atoms. The Morgan fingerprint density at radius 3 is 2.92 bits per heavy atom. The highest BCUT2D eigenvalue weighted by Gasteiger charge is 2.11. The van der Waals surface area contributed by atoms with E-state index in [0.29, 0.717) is 6.54 Å². The number of thiazole rings is 1. The largest absolute Gasteiger partial charge is 0.351 e. The standard InChI is InChI=1S/C16H16N4O3S2/c1-10-12(25-15(18-10)11-3-2-8-24-11)9-17-13(21)4-6-20-7-5-14(22)19-16(20)23/h2-3,5,7-8H,4,6,9H2,1H3,(H,17,21)(H,19,22,23). The first kappa shape index (κ1) is 17.3. The van der Waals surface area contributed by atoms with Crippen LogP contribution in [0.5, 0.6) is 0 Å². The van der Waals surface area contributed by atoms with Crippen LogP contribution in [0.4, 0.5) is 0 Å². The summed E-state index contributed by atoms with van der Waals surface area (Å²) < 4.78 is 1.30. The van der Waals surface area contributed by atoms with E-state index in [4.69, 9.17) is 0 Å². The molecule has 130 valence electrons. The maximum absolute atomic E-state index is 12.0. The molecule has 0 fully saturated rings. The molecule has 0 aliphatic heterocycles. The molecule has 9 heteroatoms. The number of H-pyrrole nitrogens is 1. The third-order valence-electron chi connectivity index (χ3n) is 3.55. The van der Waals surface area contributed by atoms with E-state index in [1.165, 1.54) is 16.8 Å². The Hall–Kier alpha value is -2.52. The van der Waals surface area contributed by atoms with Gasteiger partial charge in [-0.05, 0) is 18.4 Å². The van der Waals surface area contributed by atoms with Crippen LogP contribution in [-0.2, 0) is 17.9 Å². The number of aryl methyl sites for hydroxylation is 2. The van der Waals surface area contributed by atoms with Crippen molar-refractivity contribution in [2.45, 2.75) is 26.4 Å². The van der Waals surface area contributed by atoms with Crippen molar-refractivity contribution in [3.63, 3.8) is 0 Å². The van der Waals surface area contributed by atoms with E-state index in [2.05, 4.69) is 15.3 Å². The zero-order chi connectivity index (χ0) is 17.8. The summed E-state index contributed by atoms with van der Waals surface area (Å²) in [6, 6.07) is 5.26. The molecule has 3 aromatic rings. The molecule has 0 radical (unpaired) electrons. The third kappa shape index (κ3) is 4.31. The summed E-state index contributed by atoms with van der Waals surface area (Å²) in [6.45, 7) is 2.55. The topological polar surface area (TPSA) is 96.8 Å². The van der Waals surface area contributed by atoms with Crippen molar-refractivity contribution >= 4 is 28.6 Å². The number of amides is 1. The van der Waals surface area contributed by atoms with E-state index >= 15 is 0 Å². The molecule has 25 heavy (non-hydrogen) atoms. The van der Waals surface area contributed by atoms with E-state index < -0.39 is 11.2 Å². The Labute approximate surface area is 151 Å². The molecule has 3 rings (SSSR count). The van der Waals surface area contributed by atoms with Gasteiger partial charge in [0, 0.05) is 30.1 Å². The van der Waals surface area contributed by atoms with Gasteiger partial charge in [0.25, 0.3) is 5.56 Å². The number of nitrogens with one attached hydrogen (secondary N) is 2. The first-order valence-electron chi connectivity index (χ1n) is 7.59. The number of carbonyl (C=O) groups is 1. The normalized spacial score (nSPS) is 10.8. The van der Waals surface area contributed by atoms with E-state index in [1.807, 2.05) is 24.4 Å². The maximum Gasteiger partial charge on any atom is 0.328 e. The van der Waals surface area contributed by atoms with Crippen molar-refractivity contribution in [1.29, 1.82) is 0 Å². The van der Waals surface area contributed by atoms with Crippen molar-refractivity contribution < 1.29 is 4.79 Å². The van der Waals surface area contributed by atoms with Crippen molar-refractivity contribution in [3.05, 3.63) is 61.2 Å². The molecular formula is C16H16N4O3S2. The second-order valence-corrected chi connectivity index (χ2v) is 7.37. The summed E-state index contributed by atoms with van der Waals surface area (Å²) in [7, 11) is 0. The molecule has 0 spiro atoms. The SMILES string of the molecule is Cc1nc(-c2cccs2)sc1CNC(=O)CCn1ccc(=O)[nH]c1=O. The van der Waals surface area contributed by atoms with Crippen molar-refractivity contribution in [2.75, 3.05) is 0 Å². The van der Waals surface area contributed by atoms with Crippen LogP contribution in [0.3, 0.4) is 0 Å². The number of aromatic amines is 1. The van der Waals surface area contributed by atoms with E-state index in [-0.39, 0.29) is 18.9 Å². The Bertz CT molecular complexity index is 985. The third-order valence-corrected chi connectivity index (χ3v) is 5.74. The van der Waals surface area contributed by atoms with Crippen molar-refractivity contribution in [1.82, 2.24) is 19.9 Å². The molecule has 3 heterocycles. The molecule has 2 N–H and O–H groups in total. The molecule has 0 saturated carbocycles. The molecule has 0 aromatic carbocycles. The molecular weight excluding hydrogens is 360 g/mol. The van der Waals surface area contributed by atoms with Gasteiger partial charge >= 0.3 is 5.69 Å². The molecule has 7 nitrogen and oxygen atoms in total. The van der Waals surface area contributed by atoms with Gasteiger partial charge < -0.3 is 9.88 Å². The highest BCUT2D eigenvalue weighted by molar-refractivity contribution is 7.21. The number of hydrogen-bond acceptors (Lipinski definition) is 6. The second-order valence-electron chi connectivity index (χ2n) is 5.34. The number of nitrogens with zero attached hydrogens (tertiary/aromatic N) is 2. The van der Waals surface area contributed by atoms with E-state index in [0.717, 1.165) is 20.5 Å². The molecule has 0 aliphatic carbocycles. The quantitative estimate of drug-likeness (QED) is 0.685. The lowest BCUT2D eigenvalue weighted by Crippen LogP contribution is -2.31. The van der Waals surface area contributed by atoms with Crippen LogP contribution in [0.25, 0.3) is 9.88 Å². The minimum Gasteiger partial charge on any atom is -0.351 e. The number of rotatable bonds is 6. The fourth-order valence-electron chi connectivity index (χ4n) is 2.21. The Balaban J connectivity index is 1.56. The summed E-state index contributed by atoms with van der Waals surface area (Å²) in [6.07, 6.45) is 1.54. The lowest BCUT2D eigenvalue weighted by Gasteiger charge is -2.06. The zero-order valence-corrected chi connectivity index (χ0v) is 15.1. The first-order valence-corrected chi connectivity index (χ1v) is 9.29. The summed E-state index contributed by atoms with van der Waals surface area (Å²) in [5.74, 6) is -0.163. The van der Waals surface area contributed by atoms with Gasteiger partial charge in [-0.2, -0.15) is 0 Å². The van der Waals surface area contributed by atoms with Crippen LogP contribution in [0.1, 0.15) is 17.0 Å². The average molecular weight is 376 g/mol. The molecule has 0 unspecified atom stereocenters. The van der Waals surface area contributed by atoms with E-state index in [1.54, 1.807) is 22.7 Å². The van der Waals surface area contributed by atoms with Gasteiger partial charge in [0.15, 0.2) is 0 Å². The van der Waals surface area contributed by atoms with Gasteiger partial charge in [0.05, 0.1) is 17.1 Å². The molecule has 0 saturated heterocycles. The lowest BCUT2D eigenvalue weighted by molar-refractivity contribution is -0.121. The number of carbonyl (C=O) groups excluding carboxylic acids is 1. The van der Waals surface area contributed by atoms with Crippen molar-refractivity contribution in [2.24, 2.45) is 0 Å². The molecule has 1 amide bonds. The fourth-order valence-corrected chi connectivity index (χ4v) is 4.01. The van der Waals surface area contributed by atoms with Crippen LogP contribution < -0.4 is 16.6 Å². The van der Waals surface area contributed by atoms with Gasteiger partial charge in [0.2, 0.25) is 5.91 Å². The summed E-state index contributed by atoms with van der Waals surface area (Å²) in [4.78, 5) is 43.4. The summed E-state index contributed by atoms with van der Waals surface area (Å²) in [5, 5.41) is 5.81. The monoisotopic (exact) mass is 376 g/mol. The van der Waals surface area contributed by atoms with Crippen LogP contribution in [0, 0.1) is 6.92 Å². The second kappa shape index (κ2) is 7.58. The minimum absolute atomic E-state index is 0.154. The van der Waals surface area contributed by atoms with Gasteiger partial charge in [-0.25, -0.2) is 9.78 Å². The summed E-state index contributed by atoms with van der Waals surface area (Å²) in [5.41, 5.74) is -0.0577. The Kier molecular flexibility index (Phi) is 5.25. The van der Waals surface area contributed by atoms with Crippen LogP contribution in [-0.4, -0.2) is 20.4 Å². The fraction of sp³-hybridized carbons (Fsp3) is 0.250. The summed E-state index contributed by atoms with van der Waals surface area (Å²) >= 11 is 3.20. The van der Waals surface area contributed by atoms with E-state index in [9.17, 15) is 14.4 Å². The predicted octanol–water partition coefficient (Wildman–Crippen LogP) is 1.74. The lowest BCUT2D eigenvalue weighted by atomic mass is 10.3.